The van der Waals surface area contributed by atoms with Crippen molar-refractivity contribution in [1.82, 2.24) is 10.1 Å². The van der Waals surface area contributed by atoms with Crippen molar-refractivity contribution in [2.45, 2.75) is 44.8 Å². The first kappa shape index (κ1) is 24.1. The second kappa shape index (κ2) is 10.9. The van der Waals surface area contributed by atoms with Crippen LogP contribution in [-0.2, 0) is 29.0 Å². The summed E-state index contributed by atoms with van der Waals surface area (Å²) >= 11 is 12.3. The molecule has 0 bridgehead atoms. The second-order valence-corrected chi connectivity index (χ2v) is 9.06. The van der Waals surface area contributed by atoms with Crippen molar-refractivity contribution < 1.29 is 24.0 Å². The molecule has 178 valence electrons. The van der Waals surface area contributed by atoms with E-state index < -0.39 is 5.97 Å². The summed E-state index contributed by atoms with van der Waals surface area (Å²) in [5, 5.41) is 14.0. The van der Waals surface area contributed by atoms with Gasteiger partial charge in [-0.2, -0.15) is 0 Å². The van der Waals surface area contributed by atoms with Gasteiger partial charge in [-0.1, -0.05) is 46.6 Å². The number of halogens is 2. The van der Waals surface area contributed by atoms with E-state index in [9.17, 15) is 9.59 Å². The first-order chi connectivity index (χ1) is 16.4. The summed E-state index contributed by atoms with van der Waals surface area (Å²) in [5.74, 6) is 0.139. The van der Waals surface area contributed by atoms with Gasteiger partial charge in [-0.25, -0.2) is 0 Å². The predicted molar refractivity (Wildman–Crippen MR) is 127 cm³/mol. The van der Waals surface area contributed by atoms with E-state index in [0.29, 0.717) is 40.4 Å². The zero-order valence-corrected chi connectivity index (χ0v) is 19.9. The van der Waals surface area contributed by atoms with Crippen LogP contribution in [0.25, 0.3) is 0 Å². The molecule has 1 amide bonds. The van der Waals surface area contributed by atoms with Crippen molar-refractivity contribution in [2.24, 2.45) is 0 Å². The Morgan fingerprint density at radius 2 is 1.88 bits per heavy atom. The molecular formula is C25H24Cl2N2O5. The molecule has 34 heavy (non-hydrogen) atoms. The molecule has 1 fully saturated rings. The lowest BCUT2D eigenvalue weighted by Crippen LogP contribution is -2.32. The summed E-state index contributed by atoms with van der Waals surface area (Å²) < 4.78 is 11.1. The van der Waals surface area contributed by atoms with Gasteiger partial charge in [0.15, 0.2) is 0 Å². The maximum atomic E-state index is 13.1. The molecule has 1 atom stereocenters. The van der Waals surface area contributed by atoms with Gasteiger partial charge in [0.2, 0.25) is 5.91 Å². The van der Waals surface area contributed by atoms with E-state index >= 15 is 0 Å². The van der Waals surface area contributed by atoms with E-state index in [-0.39, 0.29) is 31.2 Å². The third kappa shape index (κ3) is 6.10. The Kier molecular flexibility index (Phi) is 7.75. The van der Waals surface area contributed by atoms with Crippen LogP contribution in [0.2, 0.25) is 10.0 Å². The average molecular weight is 503 g/mol. The molecule has 0 saturated carbocycles. The number of carboxylic acids is 1. The lowest BCUT2D eigenvalue weighted by Gasteiger charge is -2.23. The highest BCUT2D eigenvalue weighted by Gasteiger charge is 2.32. The maximum absolute atomic E-state index is 13.1. The minimum absolute atomic E-state index is 0.0246. The maximum Gasteiger partial charge on any atom is 0.303 e. The molecular weight excluding hydrogens is 479 g/mol. The summed E-state index contributed by atoms with van der Waals surface area (Å²) in [6.45, 7) is 0.994. The zero-order chi connectivity index (χ0) is 24.1. The Balaban J connectivity index is 1.36. The minimum atomic E-state index is -0.893. The molecule has 0 aliphatic carbocycles. The molecule has 1 N–H and O–H groups in total. The molecule has 2 heterocycles. The van der Waals surface area contributed by atoms with Gasteiger partial charge in [0.05, 0.1) is 23.9 Å². The molecule has 1 aromatic heterocycles. The third-order valence-corrected chi connectivity index (χ3v) is 6.28. The summed E-state index contributed by atoms with van der Waals surface area (Å²) in [4.78, 5) is 25.6. The Bertz CT molecular complexity index is 1160. The van der Waals surface area contributed by atoms with E-state index in [2.05, 4.69) is 5.16 Å². The number of hydrogen-bond donors (Lipinski definition) is 1. The number of carbonyl (C=O) groups is 2. The smallest absolute Gasteiger partial charge is 0.303 e. The molecule has 0 spiro atoms. The normalized spacial score (nSPS) is 15.5. The van der Waals surface area contributed by atoms with Gasteiger partial charge >= 0.3 is 5.97 Å². The standard InChI is InChI=1S/C25H24Cl2N2O5/c26-18-6-3-16(4-7-18)15-33-23-9-5-17(12-20(23)27)13-24(30)29-11-1-2-22(29)21-14-19(34-28-21)8-10-25(31)32/h3-7,9,12,14,22H,1-2,8,10-11,13,15H2,(H,31,32). The fraction of sp³-hybridized carbons (Fsp3) is 0.320. The largest absolute Gasteiger partial charge is 0.487 e. The monoisotopic (exact) mass is 502 g/mol. The van der Waals surface area contributed by atoms with Gasteiger partial charge < -0.3 is 19.3 Å². The number of aliphatic carboxylic acids is 1. The third-order valence-electron chi connectivity index (χ3n) is 5.74. The number of rotatable bonds is 9. The van der Waals surface area contributed by atoms with E-state index in [1.807, 2.05) is 18.2 Å². The van der Waals surface area contributed by atoms with Gasteiger partial charge in [-0.05, 0) is 48.2 Å². The Labute approximate surface area is 207 Å². The lowest BCUT2D eigenvalue weighted by atomic mass is 10.1. The Hall–Kier alpha value is -3.03. The Morgan fingerprint density at radius 3 is 2.62 bits per heavy atom. The fourth-order valence-electron chi connectivity index (χ4n) is 4.00. The van der Waals surface area contributed by atoms with Crippen molar-refractivity contribution in [1.29, 1.82) is 0 Å². The Morgan fingerprint density at radius 1 is 1.12 bits per heavy atom. The molecule has 0 radical (unpaired) electrons. The highest BCUT2D eigenvalue weighted by molar-refractivity contribution is 6.32. The van der Waals surface area contributed by atoms with Crippen LogP contribution in [-0.4, -0.2) is 33.6 Å². The van der Waals surface area contributed by atoms with Crippen LogP contribution < -0.4 is 4.74 Å². The summed E-state index contributed by atoms with van der Waals surface area (Å²) in [6, 6.07) is 14.3. The first-order valence-electron chi connectivity index (χ1n) is 11.0. The van der Waals surface area contributed by atoms with Gasteiger partial charge in [0.25, 0.3) is 0 Å². The minimum Gasteiger partial charge on any atom is -0.487 e. The van der Waals surface area contributed by atoms with Crippen molar-refractivity contribution in [3.05, 3.63) is 81.2 Å². The van der Waals surface area contributed by atoms with E-state index in [0.717, 1.165) is 24.0 Å². The number of aryl methyl sites for hydroxylation is 1. The quantitative estimate of drug-likeness (QED) is 0.416. The van der Waals surface area contributed by atoms with Crippen molar-refractivity contribution in [3.63, 3.8) is 0 Å². The lowest BCUT2D eigenvalue weighted by molar-refractivity contribution is -0.137. The van der Waals surface area contributed by atoms with Crippen LogP contribution in [0.4, 0.5) is 0 Å². The number of aromatic nitrogens is 1. The number of amides is 1. The molecule has 9 heteroatoms. The molecule has 1 aliphatic rings. The van der Waals surface area contributed by atoms with Gasteiger partial charge in [-0.3, -0.25) is 9.59 Å². The van der Waals surface area contributed by atoms with Crippen LogP contribution >= 0.6 is 23.2 Å². The topological polar surface area (TPSA) is 92.9 Å². The van der Waals surface area contributed by atoms with Crippen LogP contribution in [0.5, 0.6) is 5.75 Å². The zero-order valence-electron chi connectivity index (χ0n) is 18.4. The molecule has 2 aromatic carbocycles. The van der Waals surface area contributed by atoms with Gasteiger partial charge in [0.1, 0.15) is 23.8 Å². The first-order valence-corrected chi connectivity index (χ1v) is 11.8. The predicted octanol–water partition coefficient (Wildman–Crippen LogP) is 5.48. The van der Waals surface area contributed by atoms with E-state index in [1.165, 1.54) is 0 Å². The van der Waals surface area contributed by atoms with Crippen LogP contribution in [0.3, 0.4) is 0 Å². The number of benzene rings is 2. The van der Waals surface area contributed by atoms with Crippen molar-refractivity contribution in [2.75, 3.05) is 6.54 Å². The van der Waals surface area contributed by atoms with Gasteiger partial charge in [0, 0.05) is 24.1 Å². The number of ether oxygens (including phenoxy) is 1. The molecule has 7 nitrogen and oxygen atoms in total. The number of carboxylic acid groups (broad SMARTS) is 1. The van der Waals surface area contributed by atoms with E-state index in [4.69, 9.17) is 37.6 Å². The van der Waals surface area contributed by atoms with Crippen LogP contribution in [0.1, 0.15) is 47.9 Å². The molecule has 1 unspecified atom stereocenters. The highest BCUT2D eigenvalue weighted by Crippen LogP contribution is 2.33. The second-order valence-electron chi connectivity index (χ2n) is 8.21. The summed E-state index contributed by atoms with van der Waals surface area (Å²) in [6.07, 6.45) is 2.11. The number of likely N-dealkylation sites (tertiary alicyclic amines) is 1. The van der Waals surface area contributed by atoms with Crippen LogP contribution in [0, 0.1) is 0 Å². The summed E-state index contributed by atoms with van der Waals surface area (Å²) in [7, 11) is 0. The highest BCUT2D eigenvalue weighted by atomic mass is 35.5. The van der Waals surface area contributed by atoms with Crippen molar-refractivity contribution in [3.8, 4) is 5.75 Å². The molecule has 1 aliphatic heterocycles. The van der Waals surface area contributed by atoms with Crippen LogP contribution in [0.15, 0.2) is 53.1 Å². The number of carbonyl (C=O) groups excluding carboxylic acids is 1. The molecule has 1 saturated heterocycles. The van der Waals surface area contributed by atoms with E-state index in [1.54, 1.807) is 35.2 Å². The van der Waals surface area contributed by atoms with Gasteiger partial charge in [-0.15, -0.1) is 0 Å². The molecule has 3 aromatic rings. The molecule has 4 rings (SSSR count). The average Bonchev–Trinajstić information content (AvgIpc) is 3.48. The number of hydrogen-bond acceptors (Lipinski definition) is 5. The van der Waals surface area contributed by atoms with Crippen molar-refractivity contribution >= 4 is 35.1 Å². The number of nitrogens with zero attached hydrogens (tertiary/aromatic N) is 2. The summed E-state index contributed by atoms with van der Waals surface area (Å²) in [5.41, 5.74) is 2.43. The fourth-order valence-corrected chi connectivity index (χ4v) is 4.38. The SMILES string of the molecule is O=C(O)CCc1cc(C2CCCN2C(=O)Cc2ccc(OCc3ccc(Cl)cc3)c(Cl)c2)no1.